The summed E-state index contributed by atoms with van der Waals surface area (Å²) in [5, 5.41) is 9.61. The zero-order valence-electron chi connectivity index (χ0n) is 8.34. The van der Waals surface area contributed by atoms with E-state index >= 15 is 0 Å². The second-order valence-corrected chi connectivity index (χ2v) is 4.58. The zero-order valence-corrected chi connectivity index (χ0v) is 11.5. The predicted molar refractivity (Wildman–Crippen MR) is 69.4 cm³/mol. The Labute approximate surface area is 105 Å². The van der Waals surface area contributed by atoms with Crippen molar-refractivity contribution in [3.8, 4) is 5.75 Å². The molecule has 0 saturated heterocycles. The van der Waals surface area contributed by atoms with Gasteiger partial charge in [0.15, 0.2) is 5.75 Å². The normalized spacial score (nSPS) is 11.6. The number of hydrogen-bond acceptors (Lipinski definition) is 2. The summed E-state index contributed by atoms with van der Waals surface area (Å²) in [6.45, 7) is 3.67. The third-order valence-electron chi connectivity index (χ3n) is 2.00. The number of rotatable bonds is 1. The molecule has 0 aromatic heterocycles. The second kappa shape index (κ2) is 4.94. The molecule has 0 aliphatic heterocycles. The molecule has 4 heteroatoms. The van der Waals surface area contributed by atoms with Gasteiger partial charge in [-0.15, -0.1) is 0 Å². The highest BCUT2D eigenvalue weighted by molar-refractivity contribution is 9.11. The Balaban J connectivity index is 3.71. The van der Waals surface area contributed by atoms with Crippen molar-refractivity contribution in [2.75, 3.05) is 0 Å². The Bertz CT molecular complexity index is 479. The molecule has 0 amide bonds. The van der Waals surface area contributed by atoms with E-state index in [-0.39, 0.29) is 11.2 Å². The van der Waals surface area contributed by atoms with Gasteiger partial charge in [0.2, 0.25) is 5.43 Å². The number of aryl methyl sites for hydroxylation is 1. The van der Waals surface area contributed by atoms with Crippen LogP contribution in [0.4, 0.5) is 0 Å². The van der Waals surface area contributed by atoms with E-state index in [9.17, 15) is 9.90 Å². The lowest BCUT2D eigenvalue weighted by Gasteiger charge is -1.95. The van der Waals surface area contributed by atoms with Crippen LogP contribution >= 0.6 is 31.9 Å². The van der Waals surface area contributed by atoms with E-state index in [4.69, 9.17) is 0 Å². The molecule has 1 aromatic carbocycles. The molecular formula is C11H10Br2O2. The minimum atomic E-state index is -0.372. The maximum atomic E-state index is 11.8. The molecule has 0 bridgehead atoms. The lowest BCUT2D eigenvalue weighted by atomic mass is 10.1. The van der Waals surface area contributed by atoms with Crippen LogP contribution in [0.5, 0.6) is 5.75 Å². The van der Waals surface area contributed by atoms with Gasteiger partial charge in [-0.2, -0.15) is 0 Å². The van der Waals surface area contributed by atoms with Crippen LogP contribution in [0.1, 0.15) is 18.1 Å². The monoisotopic (exact) mass is 332 g/mol. The van der Waals surface area contributed by atoms with Crippen LogP contribution in [0, 0.1) is 6.92 Å². The fourth-order valence-electron chi connectivity index (χ4n) is 1.19. The van der Waals surface area contributed by atoms with Crippen molar-refractivity contribution in [1.82, 2.24) is 0 Å². The van der Waals surface area contributed by atoms with Gasteiger partial charge < -0.3 is 5.11 Å². The third kappa shape index (κ3) is 2.69. The summed E-state index contributed by atoms with van der Waals surface area (Å²) < 4.78 is 0.415. The molecule has 1 aromatic rings. The molecule has 1 rings (SSSR count). The summed E-state index contributed by atoms with van der Waals surface area (Å²) in [5.41, 5.74) is 1.81. The Hall–Kier alpha value is -0.610. The van der Waals surface area contributed by atoms with Crippen molar-refractivity contribution in [3.05, 3.63) is 42.9 Å². The highest BCUT2D eigenvalue weighted by Gasteiger charge is 2.08. The van der Waals surface area contributed by atoms with E-state index in [1.54, 1.807) is 24.0 Å². The Morgan fingerprint density at radius 1 is 1.47 bits per heavy atom. The van der Waals surface area contributed by atoms with Crippen molar-refractivity contribution in [2.24, 2.45) is 0 Å². The first-order valence-electron chi connectivity index (χ1n) is 4.28. The number of halogens is 2. The molecule has 15 heavy (non-hydrogen) atoms. The van der Waals surface area contributed by atoms with Gasteiger partial charge in [0.25, 0.3) is 0 Å². The first-order chi connectivity index (χ1) is 6.97. The summed E-state index contributed by atoms with van der Waals surface area (Å²) in [7, 11) is 0. The Kier molecular flexibility index (Phi) is 4.11. The van der Waals surface area contributed by atoms with Gasteiger partial charge in [-0.25, -0.2) is 0 Å². The topological polar surface area (TPSA) is 37.3 Å². The number of hydrogen-bond donors (Lipinski definition) is 1. The molecule has 0 spiro atoms. The zero-order chi connectivity index (χ0) is 11.6. The van der Waals surface area contributed by atoms with Crippen LogP contribution in [0.15, 0.2) is 26.4 Å². The molecule has 0 atom stereocenters. The number of allylic oxidation sites excluding steroid dienone is 1. The van der Waals surface area contributed by atoms with E-state index in [0.717, 1.165) is 11.1 Å². The van der Waals surface area contributed by atoms with Crippen LogP contribution in [0.25, 0.3) is 5.57 Å². The smallest absolute Gasteiger partial charge is 0.228 e. The molecule has 0 fully saturated rings. The summed E-state index contributed by atoms with van der Waals surface area (Å²) in [6, 6.07) is 3.46. The molecule has 0 heterocycles. The molecule has 80 valence electrons. The fraction of sp³-hybridized carbons (Fsp3) is 0.182. The SMILES string of the molecule is C/C(=C\Br)c1cc(C)cc(Br)c(O)c1=O. The highest BCUT2D eigenvalue weighted by atomic mass is 79.9. The largest absolute Gasteiger partial charge is 0.503 e. The molecule has 0 unspecified atom stereocenters. The van der Waals surface area contributed by atoms with Gasteiger partial charge in [0.05, 0.1) is 4.47 Å². The maximum Gasteiger partial charge on any atom is 0.228 e. The average Bonchev–Trinajstić information content (AvgIpc) is 2.30. The van der Waals surface area contributed by atoms with Crippen molar-refractivity contribution in [1.29, 1.82) is 0 Å². The van der Waals surface area contributed by atoms with Crippen LogP contribution in [0.3, 0.4) is 0 Å². The molecule has 0 radical (unpaired) electrons. The van der Waals surface area contributed by atoms with E-state index in [0.29, 0.717) is 10.0 Å². The minimum absolute atomic E-state index is 0.258. The van der Waals surface area contributed by atoms with Gasteiger partial charge in [-0.3, -0.25) is 4.79 Å². The molecule has 0 saturated carbocycles. The standard InChI is InChI=1S/C11H10Br2O2/c1-6-3-8(7(2)5-12)10(14)11(15)9(13)4-6/h3-5H,1-2H3,(H,14,15)/b7-5+. The van der Waals surface area contributed by atoms with Gasteiger partial charge in [0.1, 0.15) is 0 Å². The van der Waals surface area contributed by atoms with Gasteiger partial charge in [0, 0.05) is 5.56 Å². The third-order valence-corrected chi connectivity index (χ3v) is 3.29. The molecule has 1 N–H and O–H groups in total. The van der Waals surface area contributed by atoms with Crippen LogP contribution < -0.4 is 5.43 Å². The lowest BCUT2D eigenvalue weighted by Crippen LogP contribution is -2.03. The summed E-state index contributed by atoms with van der Waals surface area (Å²) in [6.07, 6.45) is 0. The maximum absolute atomic E-state index is 11.8. The average molecular weight is 334 g/mol. The van der Waals surface area contributed by atoms with Gasteiger partial charge in [-0.05, 0) is 58.0 Å². The fourth-order valence-corrected chi connectivity index (χ4v) is 1.98. The molecule has 2 nitrogen and oxygen atoms in total. The van der Waals surface area contributed by atoms with Crippen LogP contribution in [-0.2, 0) is 0 Å². The first kappa shape index (κ1) is 12.5. The van der Waals surface area contributed by atoms with E-state index in [1.807, 2.05) is 6.92 Å². The first-order valence-corrected chi connectivity index (χ1v) is 5.99. The van der Waals surface area contributed by atoms with E-state index in [2.05, 4.69) is 31.9 Å². The predicted octanol–water partition coefficient (Wildman–Crippen LogP) is 3.58. The second-order valence-electron chi connectivity index (χ2n) is 3.26. The van der Waals surface area contributed by atoms with E-state index in [1.165, 1.54) is 0 Å². The molecular weight excluding hydrogens is 324 g/mol. The highest BCUT2D eigenvalue weighted by Crippen LogP contribution is 2.22. The van der Waals surface area contributed by atoms with Crippen molar-refractivity contribution >= 4 is 37.4 Å². The lowest BCUT2D eigenvalue weighted by molar-refractivity contribution is 0.467. The summed E-state index contributed by atoms with van der Waals surface area (Å²) in [5.74, 6) is -0.258. The Morgan fingerprint density at radius 2 is 2.07 bits per heavy atom. The quantitative estimate of drug-likeness (QED) is 0.852. The molecule has 0 aliphatic carbocycles. The van der Waals surface area contributed by atoms with Crippen LogP contribution in [-0.4, -0.2) is 5.11 Å². The van der Waals surface area contributed by atoms with E-state index < -0.39 is 0 Å². The van der Waals surface area contributed by atoms with Crippen molar-refractivity contribution in [3.63, 3.8) is 0 Å². The van der Waals surface area contributed by atoms with Crippen LogP contribution in [0.2, 0.25) is 0 Å². The van der Waals surface area contributed by atoms with Crippen molar-refractivity contribution in [2.45, 2.75) is 13.8 Å². The Morgan fingerprint density at radius 3 is 2.60 bits per heavy atom. The minimum Gasteiger partial charge on any atom is -0.503 e. The van der Waals surface area contributed by atoms with Crippen molar-refractivity contribution < 1.29 is 5.11 Å². The summed E-state index contributed by atoms with van der Waals surface area (Å²) >= 11 is 6.33. The summed E-state index contributed by atoms with van der Waals surface area (Å²) in [4.78, 5) is 13.5. The van der Waals surface area contributed by atoms with Gasteiger partial charge >= 0.3 is 0 Å². The number of aromatic hydroxyl groups is 1. The van der Waals surface area contributed by atoms with Gasteiger partial charge in [-0.1, -0.05) is 15.9 Å². The molecule has 0 aliphatic rings.